The largest absolute Gasteiger partial charge is 0.350 e. The molecule has 0 saturated heterocycles. The molecular formula is C26H22Cl2N4O3. The van der Waals surface area contributed by atoms with Crippen LogP contribution in [0.3, 0.4) is 0 Å². The van der Waals surface area contributed by atoms with Gasteiger partial charge in [-0.25, -0.2) is 4.68 Å². The number of hydrogen-bond acceptors (Lipinski definition) is 4. The van der Waals surface area contributed by atoms with Crippen LogP contribution in [-0.4, -0.2) is 27.2 Å². The topological polar surface area (TPSA) is 90.1 Å². The molecule has 1 aromatic heterocycles. The smallest absolute Gasteiger partial charge is 0.270 e. The van der Waals surface area contributed by atoms with Crippen LogP contribution in [0.4, 0.5) is 5.69 Å². The molecule has 1 amide bonds. The SMILES string of the molecule is Cc1ccc(C)c(-n2nc(-c3ccc([N+](=O)[O-])cc3)cc2C(=O)NCCc2ccc(Cl)cc2Cl)c1. The van der Waals surface area contributed by atoms with Crippen molar-refractivity contribution in [2.24, 2.45) is 0 Å². The van der Waals surface area contributed by atoms with E-state index in [0.29, 0.717) is 40.0 Å². The van der Waals surface area contributed by atoms with Gasteiger partial charge in [-0.15, -0.1) is 0 Å². The fourth-order valence-electron chi connectivity index (χ4n) is 3.69. The van der Waals surface area contributed by atoms with Crippen molar-refractivity contribution in [1.82, 2.24) is 15.1 Å². The van der Waals surface area contributed by atoms with Crippen molar-refractivity contribution in [3.05, 3.63) is 109 Å². The lowest BCUT2D eigenvalue weighted by Gasteiger charge is -2.12. The summed E-state index contributed by atoms with van der Waals surface area (Å²) in [4.78, 5) is 23.8. The molecule has 0 radical (unpaired) electrons. The van der Waals surface area contributed by atoms with Crippen molar-refractivity contribution >= 4 is 34.8 Å². The van der Waals surface area contributed by atoms with Crippen LogP contribution in [0, 0.1) is 24.0 Å². The first kappa shape index (κ1) is 24.4. The van der Waals surface area contributed by atoms with Crippen molar-refractivity contribution in [2.75, 3.05) is 6.54 Å². The van der Waals surface area contributed by atoms with Gasteiger partial charge in [0, 0.05) is 34.3 Å². The maximum atomic E-state index is 13.2. The van der Waals surface area contributed by atoms with Gasteiger partial charge in [-0.3, -0.25) is 14.9 Å². The second-order valence-electron chi connectivity index (χ2n) is 8.16. The van der Waals surface area contributed by atoms with Crippen LogP contribution in [0.5, 0.6) is 0 Å². The number of aromatic nitrogens is 2. The number of nitro groups is 1. The van der Waals surface area contributed by atoms with Crippen molar-refractivity contribution in [2.45, 2.75) is 20.3 Å². The minimum atomic E-state index is -0.454. The summed E-state index contributed by atoms with van der Waals surface area (Å²) in [6.07, 6.45) is 0.536. The third kappa shape index (κ3) is 5.53. The maximum absolute atomic E-state index is 13.2. The number of nitrogens with zero attached hydrogens (tertiary/aromatic N) is 3. The number of aryl methyl sites for hydroxylation is 2. The number of carbonyl (C=O) groups excluding carboxylic acids is 1. The molecule has 0 fully saturated rings. The van der Waals surface area contributed by atoms with Gasteiger partial charge in [-0.05, 0) is 73.4 Å². The molecule has 4 rings (SSSR count). The van der Waals surface area contributed by atoms with Crippen LogP contribution < -0.4 is 5.32 Å². The highest BCUT2D eigenvalue weighted by Gasteiger charge is 2.19. The molecule has 7 nitrogen and oxygen atoms in total. The molecule has 0 bridgehead atoms. The molecule has 1 N–H and O–H groups in total. The van der Waals surface area contributed by atoms with Crippen LogP contribution in [0.1, 0.15) is 27.2 Å². The van der Waals surface area contributed by atoms with E-state index >= 15 is 0 Å². The molecule has 0 unspecified atom stereocenters. The third-order valence-corrected chi connectivity index (χ3v) is 6.19. The van der Waals surface area contributed by atoms with E-state index in [1.54, 1.807) is 35.0 Å². The standard InChI is InChI=1S/C26H22Cl2N4O3/c1-16-3-4-17(2)24(13-16)31-25(15-23(30-31)19-6-9-21(10-7-19)32(34)35)26(33)29-12-11-18-5-8-20(27)14-22(18)28/h3-10,13-15H,11-12H2,1-2H3,(H,29,33). The summed E-state index contributed by atoms with van der Waals surface area (Å²) in [6.45, 7) is 4.29. The minimum Gasteiger partial charge on any atom is -0.350 e. The van der Waals surface area contributed by atoms with Crippen molar-refractivity contribution in [3.8, 4) is 16.9 Å². The van der Waals surface area contributed by atoms with Gasteiger partial charge in [0.2, 0.25) is 0 Å². The predicted octanol–water partition coefficient (Wildman–Crippen LogP) is 6.34. The van der Waals surface area contributed by atoms with Gasteiger partial charge in [-0.1, -0.05) is 41.4 Å². The number of non-ortho nitro benzene ring substituents is 1. The molecule has 35 heavy (non-hydrogen) atoms. The molecule has 0 spiro atoms. The molecule has 0 aliphatic rings. The number of halogens is 2. The van der Waals surface area contributed by atoms with E-state index in [9.17, 15) is 14.9 Å². The van der Waals surface area contributed by atoms with E-state index in [-0.39, 0.29) is 11.6 Å². The molecule has 4 aromatic rings. The molecule has 0 saturated carbocycles. The molecular weight excluding hydrogens is 487 g/mol. The number of amides is 1. The first-order chi connectivity index (χ1) is 16.7. The summed E-state index contributed by atoms with van der Waals surface area (Å²) < 4.78 is 1.61. The Morgan fingerprint density at radius 2 is 1.77 bits per heavy atom. The number of carbonyl (C=O) groups is 1. The minimum absolute atomic E-state index is 0.0125. The number of hydrogen-bond donors (Lipinski definition) is 1. The van der Waals surface area contributed by atoms with Crippen molar-refractivity contribution in [3.63, 3.8) is 0 Å². The lowest BCUT2D eigenvalue weighted by Crippen LogP contribution is -2.28. The van der Waals surface area contributed by atoms with Crippen LogP contribution in [0.25, 0.3) is 16.9 Å². The van der Waals surface area contributed by atoms with Gasteiger partial charge < -0.3 is 5.32 Å². The molecule has 0 aliphatic carbocycles. The maximum Gasteiger partial charge on any atom is 0.270 e. The van der Waals surface area contributed by atoms with Gasteiger partial charge in [0.25, 0.3) is 11.6 Å². The lowest BCUT2D eigenvalue weighted by atomic mass is 10.1. The van der Waals surface area contributed by atoms with Gasteiger partial charge in [0.05, 0.1) is 16.3 Å². The first-order valence-electron chi connectivity index (χ1n) is 10.9. The van der Waals surface area contributed by atoms with Crippen LogP contribution in [-0.2, 0) is 6.42 Å². The number of nitro benzene ring substituents is 1. The van der Waals surface area contributed by atoms with E-state index in [1.807, 2.05) is 38.1 Å². The summed E-state index contributed by atoms with van der Waals surface area (Å²) in [5, 5.41) is 19.7. The molecule has 1 heterocycles. The highest BCUT2D eigenvalue weighted by atomic mass is 35.5. The summed E-state index contributed by atoms with van der Waals surface area (Å²) in [5.41, 5.74) is 5.19. The predicted molar refractivity (Wildman–Crippen MR) is 138 cm³/mol. The summed E-state index contributed by atoms with van der Waals surface area (Å²) >= 11 is 12.2. The van der Waals surface area contributed by atoms with Crippen molar-refractivity contribution < 1.29 is 9.72 Å². The van der Waals surface area contributed by atoms with Gasteiger partial charge in [-0.2, -0.15) is 5.10 Å². The normalized spacial score (nSPS) is 10.9. The van der Waals surface area contributed by atoms with E-state index in [2.05, 4.69) is 10.4 Å². The zero-order valence-electron chi connectivity index (χ0n) is 19.1. The molecule has 178 valence electrons. The zero-order valence-corrected chi connectivity index (χ0v) is 20.6. The van der Waals surface area contributed by atoms with Gasteiger partial charge in [0.1, 0.15) is 5.69 Å². The van der Waals surface area contributed by atoms with Crippen molar-refractivity contribution in [1.29, 1.82) is 0 Å². The average Bonchev–Trinajstić information content (AvgIpc) is 3.27. The Balaban J connectivity index is 1.65. The fourth-order valence-corrected chi connectivity index (χ4v) is 4.20. The van der Waals surface area contributed by atoms with Crippen LogP contribution >= 0.6 is 23.2 Å². The number of benzene rings is 3. The van der Waals surface area contributed by atoms with Crippen LogP contribution in [0.15, 0.2) is 66.7 Å². The fraction of sp³-hybridized carbons (Fsp3) is 0.154. The Morgan fingerprint density at radius 3 is 2.46 bits per heavy atom. The molecule has 9 heteroatoms. The third-order valence-electron chi connectivity index (χ3n) is 5.60. The van der Waals surface area contributed by atoms with E-state index in [4.69, 9.17) is 23.2 Å². The Labute approximate surface area is 212 Å². The Kier molecular flexibility index (Phi) is 7.19. The molecule has 0 atom stereocenters. The summed E-state index contributed by atoms with van der Waals surface area (Å²) in [6, 6.07) is 19.0. The zero-order chi connectivity index (χ0) is 25.1. The number of nitrogens with one attached hydrogen (secondary N) is 1. The number of rotatable bonds is 7. The van der Waals surface area contributed by atoms with E-state index in [0.717, 1.165) is 22.4 Å². The average molecular weight is 509 g/mol. The lowest BCUT2D eigenvalue weighted by molar-refractivity contribution is -0.384. The Morgan fingerprint density at radius 1 is 1.03 bits per heavy atom. The summed E-state index contributed by atoms with van der Waals surface area (Å²) in [5.74, 6) is -0.295. The van der Waals surface area contributed by atoms with E-state index in [1.165, 1.54) is 12.1 Å². The Bertz CT molecular complexity index is 1410. The second kappa shape index (κ2) is 10.3. The summed E-state index contributed by atoms with van der Waals surface area (Å²) in [7, 11) is 0. The van der Waals surface area contributed by atoms with Gasteiger partial charge >= 0.3 is 0 Å². The molecule has 0 aliphatic heterocycles. The quantitative estimate of drug-likeness (QED) is 0.232. The highest BCUT2D eigenvalue weighted by molar-refractivity contribution is 6.35. The first-order valence-corrected chi connectivity index (χ1v) is 11.6. The Hall–Kier alpha value is -3.68. The van der Waals surface area contributed by atoms with Gasteiger partial charge in [0.15, 0.2) is 0 Å². The molecule has 3 aromatic carbocycles. The second-order valence-corrected chi connectivity index (χ2v) is 9.01. The monoisotopic (exact) mass is 508 g/mol. The van der Waals surface area contributed by atoms with E-state index < -0.39 is 4.92 Å². The van der Waals surface area contributed by atoms with Crippen LogP contribution in [0.2, 0.25) is 10.0 Å². The highest BCUT2D eigenvalue weighted by Crippen LogP contribution is 2.26.